The Labute approximate surface area is 123 Å². The molecule has 1 fully saturated rings. The van der Waals surface area contributed by atoms with Crippen LogP contribution in [0.4, 0.5) is 8.78 Å². The van der Waals surface area contributed by atoms with Crippen molar-refractivity contribution in [3.05, 3.63) is 35.4 Å². The van der Waals surface area contributed by atoms with E-state index in [-0.39, 0.29) is 5.56 Å². The van der Waals surface area contributed by atoms with Gasteiger partial charge in [-0.2, -0.15) is 5.26 Å². The first-order valence-corrected chi connectivity index (χ1v) is 7.18. The molecule has 112 valence electrons. The number of amides is 1. The molecule has 1 aliphatic rings. The predicted octanol–water partition coefficient (Wildman–Crippen LogP) is 3.56. The molecule has 0 unspecified atom stereocenters. The van der Waals surface area contributed by atoms with Crippen LogP contribution in [-0.4, -0.2) is 11.4 Å². The van der Waals surface area contributed by atoms with Crippen LogP contribution in [0.15, 0.2) is 18.2 Å². The van der Waals surface area contributed by atoms with E-state index >= 15 is 0 Å². The number of hydrogen-bond acceptors (Lipinski definition) is 2. The number of hydrogen-bond donors (Lipinski definition) is 1. The third-order valence-corrected chi connectivity index (χ3v) is 4.28. The zero-order valence-electron chi connectivity index (χ0n) is 12.0. The Morgan fingerprint density at radius 1 is 1.43 bits per heavy atom. The van der Waals surface area contributed by atoms with E-state index < -0.39 is 23.1 Å². The Kier molecular flexibility index (Phi) is 4.56. The summed E-state index contributed by atoms with van der Waals surface area (Å²) < 4.78 is 26.8. The molecule has 1 aliphatic carbocycles. The molecule has 0 saturated heterocycles. The van der Waals surface area contributed by atoms with Gasteiger partial charge in [-0.15, -0.1) is 0 Å². The predicted molar refractivity (Wildman–Crippen MR) is 74.4 cm³/mol. The van der Waals surface area contributed by atoms with Crippen molar-refractivity contribution in [3.8, 4) is 6.07 Å². The van der Waals surface area contributed by atoms with Crippen molar-refractivity contribution >= 4 is 5.91 Å². The summed E-state index contributed by atoms with van der Waals surface area (Å²) in [7, 11) is 0. The largest absolute Gasteiger partial charge is 0.334 e. The molecule has 0 bridgehead atoms. The second-order valence-electron chi connectivity index (χ2n) is 5.62. The van der Waals surface area contributed by atoms with Crippen LogP contribution < -0.4 is 5.32 Å². The van der Waals surface area contributed by atoms with Gasteiger partial charge in [0.05, 0.1) is 11.6 Å². The summed E-state index contributed by atoms with van der Waals surface area (Å²) in [4.78, 5) is 12.1. The minimum Gasteiger partial charge on any atom is -0.334 e. The standard InChI is InChI=1S/C16H18F2N2O/c1-2-11-5-7-16(10-19,8-6-11)20-15(21)13-9-12(17)3-4-14(13)18/h3-4,9,11H,2,5-8H2,1H3,(H,20,21). The molecule has 0 aliphatic heterocycles. The van der Waals surface area contributed by atoms with Crippen molar-refractivity contribution in [2.45, 2.75) is 44.6 Å². The Morgan fingerprint density at radius 3 is 2.67 bits per heavy atom. The lowest BCUT2D eigenvalue weighted by atomic mass is 9.76. The molecule has 1 saturated carbocycles. The van der Waals surface area contributed by atoms with Gasteiger partial charge in [0, 0.05) is 0 Å². The van der Waals surface area contributed by atoms with Crippen LogP contribution in [0.3, 0.4) is 0 Å². The van der Waals surface area contributed by atoms with Gasteiger partial charge in [0.15, 0.2) is 0 Å². The summed E-state index contributed by atoms with van der Waals surface area (Å²) in [6.45, 7) is 2.10. The molecular weight excluding hydrogens is 274 g/mol. The lowest BCUT2D eigenvalue weighted by Crippen LogP contribution is -2.49. The van der Waals surface area contributed by atoms with E-state index in [1.807, 2.05) is 0 Å². The summed E-state index contributed by atoms with van der Waals surface area (Å²) in [6.07, 6.45) is 3.86. The topological polar surface area (TPSA) is 52.9 Å². The van der Waals surface area contributed by atoms with Gasteiger partial charge in [0.25, 0.3) is 5.91 Å². The number of carbonyl (C=O) groups excluding carboxylic acids is 1. The minimum atomic E-state index is -0.971. The van der Waals surface area contributed by atoms with Crippen molar-refractivity contribution in [2.24, 2.45) is 5.92 Å². The molecule has 1 amide bonds. The fraction of sp³-hybridized carbons (Fsp3) is 0.500. The SMILES string of the molecule is CCC1CCC(C#N)(NC(=O)c2cc(F)ccc2F)CC1. The fourth-order valence-electron chi connectivity index (χ4n) is 2.80. The lowest BCUT2D eigenvalue weighted by molar-refractivity contribution is 0.0886. The summed E-state index contributed by atoms with van der Waals surface area (Å²) >= 11 is 0. The van der Waals surface area contributed by atoms with Gasteiger partial charge >= 0.3 is 0 Å². The first-order chi connectivity index (χ1) is 9.99. The van der Waals surface area contributed by atoms with E-state index in [1.165, 1.54) is 0 Å². The highest BCUT2D eigenvalue weighted by Gasteiger charge is 2.37. The molecular formula is C16H18F2N2O. The van der Waals surface area contributed by atoms with E-state index in [2.05, 4.69) is 18.3 Å². The summed E-state index contributed by atoms with van der Waals surface area (Å²) in [5, 5.41) is 12.0. The minimum absolute atomic E-state index is 0.359. The van der Waals surface area contributed by atoms with Gasteiger partial charge < -0.3 is 5.32 Å². The molecule has 0 aromatic heterocycles. The van der Waals surface area contributed by atoms with Gasteiger partial charge in [-0.25, -0.2) is 8.78 Å². The van der Waals surface area contributed by atoms with Crippen molar-refractivity contribution in [1.29, 1.82) is 5.26 Å². The van der Waals surface area contributed by atoms with Crippen LogP contribution in [0.2, 0.25) is 0 Å². The molecule has 3 nitrogen and oxygen atoms in total. The first kappa shape index (κ1) is 15.4. The molecule has 1 N–H and O–H groups in total. The molecule has 1 aromatic carbocycles. The lowest BCUT2D eigenvalue weighted by Gasteiger charge is -2.35. The third kappa shape index (κ3) is 3.38. The zero-order valence-corrected chi connectivity index (χ0v) is 12.0. The van der Waals surface area contributed by atoms with E-state index in [9.17, 15) is 18.8 Å². The number of benzene rings is 1. The van der Waals surface area contributed by atoms with Crippen LogP contribution in [0.1, 0.15) is 49.4 Å². The maximum Gasteiger partial charge on any atom is 0.255 e. The summed E-state index contributed by atoms with van der Waals surface area (Å²) in [5.41, 5.74) is -1.33. The van der Waals surface area contributed by atoms with Crippen LogP contribution >= 0.6 is 0 Å². The van der Waals surface area contributed by atoms with Crippen molar-refractivity contribution in [1.82, 2.24) is 5.32 Å². The Morgan fingerprint density at radius 2 is 2.10 bits per heavy atom. The fourth-order valence-corrected chi connectivity index (χ4v) is 2.80. The normalized spacial score (nSPS) is 25.1. The van der Waals surface area contributed by atoms with Crippen LogP contribution in [0, 0.1) is 28.9 Å². The monoisotopic (exact) mass is 292 g/mol. The number of carbonyl (C=O) groups is 1. The van der Waals surface area contributed by atoms with E-state index in [4.69, 9.17) is 0 Å². The number of rotatable bonds is 3. The number of nitrogens with zero attached hydrogens (tertiary/aromatic N) is 1. The van der Waals surface area contributed by atoms with Gasteiger partial charge in [-0.1, -0.05) is 13.3 Å². The quantitative estimate of drug-likeness (QED) is 0.926. The molecule has 0 atom stereocenters. The van der Waals surface area contributed by atoms with Gasteiger partial charge in [-0.05, 0) is 49.8 Å². The Balaban J connectivity index is 2.14. The van der Waals surface area contributed by atoms with E-state index in [1.54, 1.807) is 0 Å². The molecule has 2 rings (SSSR count). The highest BCUT2D eigenvalue weighted by atomic mass is 19.1. The molecule has 5 heteroatoms. The van der Waals surface area contributed by atoms with Crippen molar-refractivity contribution < 1.29 is 13.6 Å². The smallest absolute Gasteiger partial charge is 0.255 e. The average molecular weight is 292 g/mol. The summed E-state index contributed by atoms with van der Waals surface area (Å²) in [5.74, 6) is -1.63. The number of nitriles is 1. The molecule has 0 spiro atoms. The van der Waals surface area contributed by atoms with Crippen LogP contribution in [-0.2, 0) is 0 Å². The highest BCUT2D eigenvalue weighted by molar-refractivity contribution is 5.95. The molecule has 21 heavy (non-hydrogen) atoms. The maximum absolute atomic E-state index is 13.6. The van der Waals surface area contributed by atoms with Crippen LogP contribution in [0.5, 0.6) is 0 Å². The summed E-state index contributed by atoms with van der Waals surface area (Å²) in [6, 6.07) is 4.87. The average Bonchev–Trinajstić information content (AvgIpc) is 2.50. The molecule has 1 aromatic rings. The second kappa shape index (κ2) is 6.21. The maximum atomic E-state index is 13.6. The Bertz CT molecular complexity index is 572. The first-order valence-electron chi connectivity index (χ1n) is 7.18. The number of nitrogens with one attached hydrogen (secondary N) is 1. The highest BCUT2D eigenvalue weighted by Crippen LogP contribution is 2.33. The van der Waals surface area contributed by atoms with Crippen molar-refractivity contribution in [3.63, 3.8) is 0 Å². The van der Waals surface area contributed by atoms with Gasteiger partial charge in [0.2, 0.25) is 0 Å². The Hall–Kier alpha value is -1.96. The van der Waals surface area contributed by atoms with Gasteiger partial charge in [0.1, 0.15) is 17.2 Å². The van der Waals surface area contributed by atoms with E-state index in [0.29, 0.717) is 18.8 Å². The van der Waals surface area contributed by atoms with E-state index in [0.717, 1.165) is 37.5 Å². The third-order valence-electron chi connectivity index (χ3n) is 4.28. The molecule has 0 heterocycles. The number of halogens is 2. The zero-order chi connectivity index (χ0) is 15.5. The van der Waals surface area contributed by atoms with Crippen LogP contribution in [0.25, 0.3) is 0 Å². The molecule has 0 radical (unpaired) electrons. The van der Waals surface area contributed by atoms with Gasteiger partial charge in [-0.3, -0.25) is 4.79 Å². The second-order valence-corrected chi connectivity index (χ2v) is 5.62. The van der Waals surface area contributed by atoms with Crippen molar-refractivity contribution in [2.75, 3.05) is 0 Å².